The molecule has 0 bridgehead atoms. The molecule has 3 fully saturated rings. The number of hydrogen-bond donors (Lipinski definition) is 0. The van der Waals surface area contributed by atoms with Crippen LogP contribution in [0.3, 0.4) is 0 Å². The van der Waals surface area contributed by atoms with Crippen LogP contribution >= 0.6 is 0 Å². The van der Waals surface area contributed by atoms with Crippen molar-refractivity contribution in [2.24, 2.45) is 11.8 Å². The highest BCUT2D eigenvalue weighted by molar-refractivity contribution is 5.58. The summed E-state index contributed by atoms with van der Waals surface area (Å²) in [6, 6.07) is 21.7. The lowest BCUT2D eigenvalue weighted by Gasteiger charge is -2.51. The lowest BCUT2D eigenvalue weighted by Crippen LogP contribution is -2.57. The minimum Gasteiger partial charge on any atom is -0.351 e. The molecule has 2 heteroatoms. The summed E-state index contributed by atoms with van der Waals surface area (Å²) in [5.74, 6) is 1.45. The van der Waals surface area contributed by atoms with Gasteiger partial charge >= 0.3 is 0 Å². The van der Waals surface area contributed by atoms with Crippen LogP contribution < -0.4 is 4.90 Å². The Morgan fingerprint density at radius 3 is 2.12 bits per heavy atom. The van der Waals surface area contributed by atoms with Gasteiger partial charge in [-0.25, -0.2) is 0 Å². The average Bonchev–Trinajstić information content (AvgIpc) is 3.43. The molecular weight excluding hydrogens is 412 g/mol. The first kappa shape index (κ1) is 22.4. The van der Waals surface area contributed by atoms with Gasteiger partial charge in [-0.05, 0) is 68.6 Å². The summed E-state index contributed by atoms with van der Waals surface area (Å²) in [4.78, 5) is 5.91. The van der Waals surface area contributed by atoms with Gasteiger partial charge in [0, 0.05) is 11.7 Å². The van der Waals surface area contributed by atoms with Crippen molar-refractivity contribution >= 4 is 5.69 Å². The third-order valence-electron chi connectivity index (χ3n) is 9.73. The van der Waals surface area contributed by atoms with Gasteiger partial charge in [-0.1, -0.05) is 99.2 Å². The highest BCUT2D eigenvalue weighted by Gasteiger charge is 2.60. The fraction of sp³-hybridized carbons (Fsp3) is 0.562. The van der Waals surface area contributed by atoms with Gasteiger partial charge in [0.1, 0.15) is 0 Å². The second kappa shape index (κ2) is 9.19. The Labute approximate surface area is 207 Å². The number of para-hydroxylation sites is 1. The monoisotopic (exact) mass is 454 g/mol. The van der Waals surface area contributed by atoms with Crippen LogP contribution in [0.25, 0.3) is 0 Å². The zero-order chi connectivity index (χ0) is 23.1. The van der Waals surface area contributed by atoms with E-state index in [1.54, 1.807) is 0 Å². The van der Waals surface area contributed by atoms with Crippen LogP contribution in [0.1, 0.15) is 82.3 Å². The Kier molecular flexibility index (Phi) is 6.06. The van der Waals surface area contributed by atoms with E-state index in [0.29, 0.717) is 24.2 Å². The van der Waals surface area contributed by atoms with Crippen molar-refractivity contribution in [3.8, 4) is 0 Å². The zero-order valence-electron chi connectivity index (χ0n) is 21.2. The van der Waals surface area contributed by atoms with E-state index in [-0.39, 0.29) is 5.54 Å². The van der Waals surface area contributed by atoms with Crippen molar-refractivity contribution in [2.75, 3.05) is 4.90 Å². The molecule has 2 aromatic rings. The van der Waals surface area contributed by atoms with E-state index in [4.69, 9.17) is 0 Å². The number of benzene rings is 2. The second-order valence-electron chi connectivity index (χ2n) is 11.5. The Morgan fingerprint density at radius 2 is 1.41 bits per heavy atom. The molecule has 3 unspecified atom stereocenters. The highest BCUT2D eigenvalue weighted by atomic mass is 15.5. The lowest BCUT2D eigenvalue weighted by molar-refractivity contribution is 0.00853. The third-order valence-corrected chi connectivity index (χ3v) is 9.73. The molecule has 0 radical (unpaired) electrons. The molecule has 0 aromatic heterocycles. The smallest absolute Gasteiger partial charge is 0.0868 e. The van der Waals surface area contributed by atoms with E-state index in [2.05, 4.69) is 90.4 Å². The number of fused-ring (bicyclic) bond motifs is 1. The van der Waals surface area contributed by atoms with Gasteiger partial charge in [0.05, 0.1) is 17.7 Å². The quantitative estimate of drug-likeness (QED) is 0.434. The van der Waals surface area contributed by atoms with Crippen LogP contribution in [0.4, 0.5) is 5.69 Å². The summed E-state index contributed by atoms with van der Waals surface area (Å²) in [5, 5.41) is 0. The molecule has 180 valence electrons. The van der Waals surface area contributed by atoms with E-state index in [1.165, 1.54) is 81.0 Å². The number of anilines is 1. The fourth-order valence-electron chi connectivity index (χ4n) is 8.18. The van der Waals surface area contributed by atoms with Gasteiger partial charge in [-0.2, -0.15) is 0 Å². The van der Waals surface area contributed by atoms with E-state index in [9.17, 15) is 0 Å². The van der Waals surface area contributed by atoms with Crippen LogP contribution in [0.5, 0.6) is 0 Å². The Morgan fingerprint density at radius 1 is 0.765 bits per heavy atom. The largest absolute Gasteiger partial charge is 0.351 e. The van der Waals surface area contributed by atoms with E-state index >= 15 is 0 Å². The summed E-state index contributed by atoms with van der Waals surface area (Å²) >= 11 is 0. The predicted molar refractivity (Wildman–Crippen MR) is 143 cm³/mol. The normalized spacial score (nSPS) is 32.9. The van der Waals surface area contributed by atoms with Crippen molar-refractivity contribution in [3.05, 3.63) is 77.9 Å². The summed E-state index contributed by atoms with van der Waals surface area (Å²) in [5.41, 5.74) is 4.43. The molecule has 4 aliphatic rings. The molecule has 2 heterocycles. The number of aryl methyl sites for hydroxylation is 1. The SMILES string of the molecule is Cc1ccccc1N1C(C2CCCCC2)N2C(C=CC2(c2ccccc2)C2CCCCC2)[C@@H]1C. The van der Waals surface area contributed by atoms with Gasteiger partial charge in [0.15, 0.2) is 0 Å². The van der Waals surface area contributed by atoms with Crippen molar-refractivity contribution in [1.82, 2.24) is 4.90 Å². The highest BCUT2D eigenvalue weighted by Crippen LogP contribution is 2.56. The summed E-state index contributed by atoms with van der Waals surface area (Å²) < 4.78 is 0. The van der Waals surface area contributed by atoms with Crippen LogP contribution in [0.2, 0.25) is 0 Å². The van der Waals surface area contributed by atoms with Gasteiger partial charge < -0.3 is 4.90 Å². The number of rotatable bonds is 4. The maximum atomic E-state index is 3.05. The Bertz CT molecular complexity index is 1000. The molecule has 2 aromatic carbocycles. The van der Waals surface area contributed by atoms with E-state index < -0.39 is 0 Å². The standard InChI is InChI=1S/C32H42N2/c1-24-14-12-13-21-29(24)33-25(2)30-22-23-32(27-17-8-4-9-18-27,28-19-10-5-11-20-28)34(30)31(33)26-15-6-3-7-16-26/h4,8-9,12-14,17-18,21-23,25-26,28,30-31H,3,5-7,10-11,15-16,19-20H2,1-2H3/t25-,30?,31?,32?/m0/s1. The molecule has 0 spiro atoms. The van der Waals surface area contributed by atoms with Crippen LogP contribution in [-0.4, -0.2) is 23.1 Å². The molecule has 2 saturated carbocycles. The molecule has 2 aliphatic heterocycles. The molecule has 1 saturated heterocycles. The minimum atomic E-state index is 0.0279. The lowest BCUT2D eigenvalue weighted by atomic mass is 9.70. The topological polar surface area (TPSA) is 6.48 Å². The van der Waals surface area contributed by atoms with Crippen LogP contribution in [-0.2, 0) is 5.54 Å². The molecule has 2 nitrogen and oxygen atoms in total. The first-order chi connectivity index (χ1) is 16.7. The molecule has 2 aliphatic carbocycles. The Balaban J connectivity index is 1.52. The zero-order valence-corrected chi connectivity index (χ0v) is 21.2. The molecule has 4 atom stereocenters. The third kappa shape index (κ3) is 3.48. The number of hydrogen-bond acceptors (Lipinski definition) is 2. The first-order valence-electron chi connectivity index (χ1n) is 14.1. The molecule has 0 amide bonds. The summed E-state index contributed by atoms with van der Waals surface area (Å²) in [6.45, 7) is 4.81. The molecule has 6 rings (SSSR count). The average molecular weight is 455 g/mol. The van der Waals surface area contributed by atoms with Crippen molar-refractivity contribution < 1.29 is 0 Å². The van der Waals surface area contributed by atoms with Crippen molar-refractivity contribution in [2.45, 2.75) is 102 Å². The Hall–Kier alpha value is -2.06. The van der Waals surface area contributed by atoms with Gasteiger partial charge in [0.25, 0.3) is 0 Å². The molecule has 0 N–H and O–H groups in total. The van der Waals surface area contributed by atoms with Gasteiger partial charge in [-0.15, -0.1) is 0 Å². The predicted octanol–water partition coefficient (Wildman–Crippen LogP) is 7.83. The number of nitrogens with zero attached hydrogens (tertiary/aromatic N) is 2. The minimum absolute atomic E-state index is 0.0279. The second-order valence-corrected chi connectivity index (χ2v) is 11.5. The fourth-order valence-corrected chi connectivity index (χ4v) is 8.18. The van der Waals surface area contributed by atoms with Gasteiger partial charge in [0.2, 0.25) is 0 Å². The molecular formula is C32H42N2. The summed E-state index contributed by atoms with van der Waals surface area (Å²) in [6.07, 6.45) is 19.6. The van der Waals surface area contributed by atoms with Crippen molar-refractivity contribution in [3.63, 3.8) is 0 Å². The van der Waals surface area contributed by atoms with Gasteiger partial charge in [-0.3, -0.25) is 4.90 Å². The van der Waals surface area contributed by atoms with Crippen LogP contribution in [0, 0.1) is 18.8 Å². The maximum Gasteiger partial charge on any atom is 0.0868 e. The maximum absolute atomic E-state index is 3.05. The first-order valence-corrected chi connectivity index (χ1v) is 14.1. The summed E-state index contributed by atoms with van der Waals surface area (Å²) in [7, 11) is 0. The van der Waals surface area contributed by atoms with Crippen LogP contribution in [0.15, 0.2) is 66.7 Å². The van der Waals surface area contributed by atoms with E-state index in [1.807, 2.05) is 0 Å². The molecule has 34 heavy (non-hydrogen) atoms. The van der Waals surface area contributed by atoms with Crippen molar-refractivity contribution in [1.29, 1.82) is 0 Å². The van der Waals surface area contributed by atoms with E-state index in [0.717, 1.165) is 5.92 Å².